The van der Waals surface area contributed by atoms with Gasteiger partial charge in [-0.15, -0.1) is 0 Å². The third kappa shape index (κ3) is 3.50. The molecule has 1 unspecified atom stereocenters. The fourth-order valence-corrected chi connectivity index (χ4v) is 1.90. The van der Waals surface area contributed by atoms with E-state index in [1.807, 2.05) is 18.5 Å². The molecule has 1 atom stereocenters. The van der Waals surface area contributed by atoms with E-state index in [9.17, 15) is 0 Å². The summed E-state index contributed by atoms with van der Waals surface area (Å²) < 4.78 is 0. The van der Waals surface area contributed by atoms with E-state index in [1.165, 1.54) is 30.5 Å². The number of hydrogen-bond acceptors (Lipinski definition) is 3. The number of rotatable bonds is 1. The fraction of sp³-hybridized carbons (Fsp3) is 0.455. The van der Waals surface area contributed by atoms with Crippen molar-refractivity contribution in [2.24, 2.45) is 0 Å². The van der Waals surface area contributed by atoms with E-state index >= 15 is 0 Å². The van der Waals surface area contributed by atoms with E-state index in [0.717, 1.165) is 0 Å². The van der Waals surface area contributed by atoms with Crippen LogP contribution in [0.2, 0.25) is 0 Å². The molecule has 1 fully saturated rings. The van der Waals surface area contributed by atoms with Gasteiger partial charge >= 0.3 is 0 Å². The Hall–Kier alpha value is -1.11. The summed E-state index contributed by atoms with van der Waals surface area (Å²) in [5.74, 6) is 0. The molecule has 1 aliphatic rings. The number of pyridine rings is 1. The first-order valence-electron chi connectivity index (χ1n) is 4.89. The lowest BCUT2D eigenvalue weighted by molar-refractivity contribution is 0.317. The highest BCUT2D eigenvalue weighted by Crippen LogP contribution is 2.29. The zero-order chi connectivity index (χ0) is 11.1. The van der Waals surface area contributed by atoms with E-state index in [1.54, 1.807) is 0 Å². The monoisotopic (exact) mass is 223 g/mol. The first-order chi connectivity index (χ1) is 7.29. The summed E-state index contributed by atoms with van der Waals surface area (Å²) >= 11 is 4.30. The minimum Gasteiger partial charge on any atom is -0.299 e. The summed E-state index contributed by atoms with van der Waals surface area (Å²) in [4.78, 5) is 6.54. The van der Waals surface area contributed by atoms with E-state index in [-0.39, 0.29) is 0 Å². The van der Waals surface area contributed by atoms with Gasteiger partial charge in [0, 0.05) is 30.0 Å². The summed E-state index contributed by atoms with van der Waals surface area (Å²) in [7, 11) is 2.19. The van der Waals surface area contributed by atoms with Gasteiger partial charge in [0.1, 0.15) is 0 Å². The van der Waals surface area contributed by atoms with E-state index in [0.29, 0.717) is 6.04 Å². The number of aromatic nitrogens is 1. The minimum absolute atomic E-state index is 0.610. The van der Waals surface area contributed by atoms with Crippen molar-refractivity contribution in [1.82, 2.24) is 9.88 Å². The smallest absolute Gasteiger partial charge is 0.173 e. The van der Waals surface area contributed by atoms with Crippen LogP contribution in [0.25, 0.3) is 0 Å². The average Bonchev–Trinajstić information content (AvgIpc) is 2.67. The van der Waals surface area contributed by atoms with Gasteiger partial charge in [0.2, 0.25) is 0 Å². The van der Waals surface area contributed by atoms with Crippen molar-refractivity contribution in [3.8, 4) is 5.53 Å². The summed E-state index contributed by atoms with van der Waals surface area (Å²) in [5.41, 5.74) is 2.58. The van der Waals surface area contributed by atoms with Gasteiger partial charge in [-0.1, -0.05) is 6.07 Å². The average molecular weight is 224 g/mol. The lowest BCUT2D eigenvalue weighted by Gasteiger charge is -2.18. The molecule has 0 radical (unpaired) electrons. The predicted octanol–water partition coefficient (Wildman–Crippen LogP) is 2.55. The van der Waals surface area contributed by atoms with Crippen molar-refractivity contribution >= 4 is 11.6 Å². The Morgan fingerprint density at radius 2 is 2.40 bits per heavy atom. The van der Waals surface area contributed by atoms with E-state index < -0.39 is 0 Å². The van der Waals surface area contributed by atoms with Crippen molar-refractivity contribution in [2.75, 3.05) is 13.6 Å². The number of nitriles is 1. The number of nitrogens with zero attached hydrogens (tertiary/aromatic N) is 3. The Balaban J connectivity index is 0.000000337. The van der Waals surface area contributed by atoms with Crippen LogP contribution >= 0.6 is 11.6 Å². The Morgan fingerprint density at radius 3 is 2.87 bits per heavy atom. The highest BCUT2D eigenvalue weighted by atomic mass is 35.5. The molecule has 80 valence electrons. The van der Waals surface area contributed by atoms with Crippen LogP contribution in [-0.2, 0) is 0 Å². The standard InChI is InChI=1S/C10H14N2.CClN/c1-12-7-3-5-10(12)9-4-2-6-11-8-9;2-1-3/h2,4,6,8,10H,3,5,7H2,1H3;. The van der Waals surface area contributed by atoms with Gasteiger partial charge in [0.15, 0.2) is 5.53 Å². The molecule has 2 heterocycles. The largest absolute Gasteiger partial charge is 0.299 e. The van der Waals surface area contributed by atoms with Crippen molar-refractivity contribution in [3.05, 3.63) is 30.1 Å². The number of halogens is 1. The van der Waals surface area contributed by atoms with Crippen LogP contribution in [0.1, 0.15) is 24.4 Å². The van der Waals surface area contributed by atoms with Crippen molar-refractivity contribution in [3.63, 3.8) is 0 Å². The van der Waals surface area contributed by atoms with E-state index in [4.69, 9.17) is 5.26 Å². The maximum atomic E-state index is 7.08. The number of likely N-dealkylation sites (tertiary alicyclic amines) is 1. The van der Waals surface area contributed by atoms with Crippen LogP contribution < -0.4 is 0 Å². The van der Waals surface area contributed by atoms with Gasteiger partial charge in [0.05, 0.1) is 0 Å². The van der Waals surface area contributed by atoms with Crippen molar-refractivity contribution < 1.29 is 0 Å². The molecule has 2 rings (SSSR count). The Labute approximate surface area is 95.3 Å². The highest BCUT2D eigenvalue weighted by molar-refractivity contribution is 6.28. The normalized spacial score (nSPS) is 20.2. The van der Waals surface area contributed by atoms with E-state index in [2.05, 4.69) is 34.6 Å². The highest BCUT2D eigenvalue weighted by Gasteiger charge is 2.21. The number of hydrogen-bond donors (Lipinski definition) is 0. The summed E-state index contributed by atoms with van der Waals surface area (Å²) in [6.07, 6.45) is 6.41. The summed E-state index contributed by atoms with van der Waals surface area (Å²) in [5, 5.41) is 7.08. The third-order valence-corrected chi connectivity index (χ3v) is 2.59. The van der Waals surface area contributed by atoms with Gasteiger partial charge < -0.3 is 0 Å². The van der Waals surface area contributed by atoms with Crippen LogP contribution in [0.5, 0.6) is 0 Å². The molecule has 1 aromatic rings. The molecule has 3 nitrogen and oxygen atoms in total. The topological polar surface area (TPSA) is 39.9 Å². The third-order valence-electron chi connectivity index (χ3n) is 2.59. The second-order valence-electron chi connectivity index (χ2n) is 3.51. The summed E-state index contributed by atoms with van der Waals surface area (Å²) in [6, 6.07) is 4.79. The quantitative estimate of drug-likeness (QED) is 0.735. The molecule has 0 bridgehead atoms. The molecule has 0 spiro atoms. The Morgan fingerprint density at radius 1 is 1.67 bits per heavy atom. The minimum atomic E-state index is 0.610. The molecule has 1 saturated heterocycles. The van der Waals surface area contributed by atoms with Crippen molar-refractivity contribution in [2.45, 2.75) is 18.9 Å². The lowest BCUT2D eigenvalue weighted by atomic mass is 10.1. The first kappa shape index (κ1) is 12.0. The molecule has 15 heavy (non-hydrogen) atoms. The zero-order valence-electron chi connectivity index (χ0n) is 8.73. The van der Waals surface area contributed by atoms with Gasteiger partial charge in [-0.05, 0) is 38.1 Å². The molecule has 1 aromatic heterocycles. The van der Waals surface area contributed by atoms with Crippen LogP contribution in [0.15, 0.2) is 24.5 Å². The Kier molecular flexibility index (Phi) is 5.09. The maximum Gasteiger partial charge on any atom is 0.173 e. The van der Waals surface area contributed by atoms with Crippen LogP contribution in [0.3, 0.4) is 0 Å². The van der Waals surface area contributed by atoms with Crippen LogP contribution in [0, 0.1) is 10.8 Å². The molecule has 4 heteroatoms. The van der Waals surface area contributed by atoms with Crippen molar-refractivity contribution in [1.29, 1.82) is 5.26 Å². The second-order valence-corrected chi connectivity index (χ2v) is 3.68. The SMILES string of the molecule is CN1CCCC1c1cccnc1.N#CCl. The molecule has 0 aliphatic carbocycles. The lowest BCUT2D eigenvalue weighted by Crippen LogP contribution is -2.17. The maximum absolute atomic E-state index is 7.08. The van der Waals surface area contributed by atoms with Gasteiger partial charge in [0.25, 0.3) is 0 Å². The van der Waals surface area contributed by atoms with Gasteiger partial charge in [-0.25, -0.2) is 0 Å². The summed E-state index contributed by atoms with van der Waals surface area (Å²) in [6.45, 7) is 1.22. The molecule has 0 N–H and O–H groups in total. The fourth-order valence-electron chi connectivity index (χ4n) is 1.90. The first-order valence-corrected chi connectivity index (χ1v) is 5.27. The molecule has 0 amide bonds. The van der Waals surface area contributed by atoms with Crippen LogP contribution in [0.4, 0.5) is 0 Å². The van der Waals surface area contributed by atoms with Crippen LogP contribution in [-0.4, -0.2) is 23.5 Å². The molecular weight excluding hydrogens is 210 g/mol. The van der Waals surface area contributed by atoms with Gasteiger partial charge in [-0.3, -0.25) is 9.88 Å². The molecular formula is C11H14ClN3. The molecule has 1 aliphatic heterocycles. The molecule has 0 aromatic carbocycles. The molecule has 0 saturated carbocycles. The second kappa shape index (κ2) is 6.39. The predicted molar refractivity (Wildman–Crippen MR) is 60.3 cm³/mol. The zero-order valence-corrected chi connectivity index (χ0v) is 9.48. The van der Waals surface area contributed by atoms with Gasteiger partial charge in [-0.2, -0.15) is 5.26 Å². The Bertz CT molecular complexity index is 320.